The van der Waals surface area contributed by atoms with Gasteiger partial charge in [-0.05, 0) is 62.1 Å². The Hall–Kier alpha value is -2.52. The number of fused-ring (bicyclic) bond motifs is 1. The molecule has 0 unspecified atom stereocenters. The van der Waals surface area contributed by atoms with Crippen LogP contribution in [0.2, 0.25) is 0 Å². The van der Waals surface area contributed by atoms with E-state index >= 15 is 0 Å². The van der Waals surface area contributed by atoms with E-state index in [2.05, 4.69) is 72.8 Å². The molecule has 1 aromatic heterocycles. The Morgan fingerprint density at radius 3 is 2.63 bits per heavy atom. The number of phenolic OH excluding ortho intramolecular Hbond substituents is 1. The van der Waals surface area contributed by atoms with Crippen molar-refractivity contribution in [2.24, 2.45) is 0 Å². The Balaban J connectivity index is 1.78. The molecule has 0 saturated carbocycles. The van der Waals surface area contributed by atoms with Crippen LogP contribution in [-0.2, 0) is 13.1 Å². The molecule has 1 N–H and O–H groups in total. The van der Waals surface area contributed by atoms with Gasteiger partial charge in [0.15, 0.2) is 0 Å². The summed E-state index contributed by atoms with van der Waals surface area (Å²) in [7, 11) is 0. The lowest BCUT2D eigenvalue weighted by molar-refractivity contribution is 0.217. The first-order valence-corrected chi connectivity index (χ1v) is 9.77. The maximum Gasteiger partial charge on any atom is 0.120 e. The van der Waals surface area contributed by atoms with Gasteiger partial charge in [0.25, 0.3) is 0 Å². The van der Waals surface area contributed by atoms with Crippen LogP contribution in [0.15, 0.2) is 54.7 Å². The van der Waals surface area contributed by atoms with Crippen LogP contribution in [0.4, 0.5) is 0 Å². The fraction of sp³-hybridized carbons (Fsp3) is 0.333. The lowest BCUT2D eigenvalue weighted by Gasteiger charge is -2.31. The maximum absolute atomic E-state index is 10.4. The highest BCUT2D eigenvalue weighted by molar-refractivity contribution is 5.38. The zero-order chi connectivity index (χ0) is 19.0. The average Bonchev–Trinajstić information content (AvgIpc) is 3.02. The highest BCUT2D eigenvalue weighted by Gasteiger charge is 2.28. The summed E-state index contributed by atoms with van der Waals surface area (Å²) in [5, 5.41) is 10.4. The third kappa shape index (κ3) is 3.52. The second-order valence-corrected chi connectivity index (χ2v) is 7.83. The van der Waals surface area contributed by atoms with Gasteiger partial charge in [-0.1, -0.05) is 35.9 Å². The van der Waals surface area contributed by atoms with Crippen molar-refractivity contribution in [2.45, 2.75) is 46.3 Å². The minimum absolute atomic E-state index is 0.196. The van der Waals surface area contributed by atoms with Crippen molar-refractivity contribution in [1.29, 1.82) is 0 Å². The number of hydrogen-bond donors (Lipinski definition) is 1. The minimum Gasteiger partial charge on any atom is -0.508 e. The van der Waals surface area contributed by atoms with Gasteiger partial charge in [0.2, 0.25) is 0 Å². The summed E-state index contributed by atoms with van der Waals surface area (Å²) in [5.41, 5.74) is 7.50. The van der Waals surface area contributed by atoms with E-state index < -0.39 is 0 Å². The van der Waals surface area contributed by atoms with Crippen molar-refractivity contribution < 1.29 is 5.11 Å². The fourth-order valence-corrected chi connectivity index (χ4v) is 4.19. The normalized spacial score (nSPS) is 17.5. The van der Waals surface area contributed by atoms with Gasteiger partial charge in [0.1, 0.15) is 5.75 Å². The van der Waals surface area contributed by atoms with E-state index in [0.717, 1.165) is 31.6 Å². The molecule has 0 fully saturated rings. The summed E-state index contributed by atoms with van der Waals surface area (Å²) in [4.78, 5) is 2.51. The van der Waals surface area contributed by atoms with Gasteiger partial charge in [-0.3, -0.25) is 4.90 Å². The van der Waals surface area contributed by atoms with Crippen LogP contribution in [0.3, 0.4) is 0 Å². The molecule has 27 heavy (non-hydrogen) atoms. The summed E-state index contributed by atoms with van der Waals surface area (Å²) < 4.78 is 2.38. The molecule has 3 nitrogen and oxygen atoms in total. The largest absolute Gasteiger partial charge is 0.508 e. The van der Waals surface area contributed by atoms with Crippen molar-refractivity contribution in [3.63, 3.8) is 0 Å². The summed E-state index contributed by atoms with van der Waals surface area (Å²) in [6.45, 7) is 9.23. The van der Waals surface area contributed by atoms with Gasteiger partial charge in [0.05, 0.1) is 6.04 Å². The first-order valence-electron chi connectivity index (χ1n) is 9.77. The first-order chi connectivity index (χ1) is 13.0. The second-order valence-electron chi connectivity index (χ2n) is 7.83. The van der Waals surface area contributed by atoms with Crippen molar-refractivity contribution in [2.75, 3.05) is 6.54 Å². The van der Waals surface area contributed by atoms with Crippen LogP contribution < -0.4 is 0 Å². The molecule has 140 valence electrons. The third-order valence-corrected chi connectivity index (χ3v) is 5.81. The number of aryl methyl sites for hydroxylation is 4. The topological polar surface area (TPSA) is 28.4 Å². The molecule has 0 bridgehead atoms. The molecule has 2 aromatic carbocycles. The van der Waals surface area contributed by atoms with Crippen LogP contribution in [0.25, 0.3) is 0 Å². The SMILES string of the molecule is Cc1ccc(O)c(CN2CCCn3cccc3[C@@H]2c2ccc(C)c(C)c2)c1. The summed E-state index contributed by atoms with van der Waals surface area (Å²) >= 11 is 0. The van der Waals surface area contributed by atoms with Crippen molar-refractivity contribution in [3.05, 3.63) is 88.2 Å². The molecule has 0 amide bonds. The molecule has 0 aliphatic carbocycles. The van der Waals surface area contributed by atoms with E-state index in [0.29, 0.717) is 5.75 Å². The van der Waals surface area contributed by atoms with Crippen LogP contribution >= 0.6 is 0 Å². The van der Waals surface area contributed by atoms with Crippen LogP contribution in [0, 0.1) is 20.8 Å². The lowest BCUT2D eigenvalue weighted by Crippen LogP contribution is -2.29. The van der Waals surface area contributed by atoms with Gasteiger partial charge in [-0.15, -0.1) is 0 Å². The standard InChI is InChI=1S/C24H28N2O/c1-17-7-10-23(27)21(14-17)16-26-13-5-12-25-11-4-6-22(25)24(26)20-9-8-18(2)19(3)15-20/h4,6-11,14-15,24,27H,5,12-13,16H2,1-3H3/t24-/m0/s1. The highest BCUT2D eigenvalue weighted by Crippen LogP contribution is 2.35. The van der Waals surface area contributed by atoms with Crippen molar-refractivity contribution in [1.82, 2.24) is 9.47 Å². The smallest absolute Gasteiger partial charge is 0.120 e. The molecule has 4 rings (SSSR count). The summed E-state index contributed by atoms with van der Waals surface area (Å²) in [5.74, 6) is 0.388. The Kier molecular flexibility index (Phi) is 4.79. The summed E-state index contributed by atoms with van der Waals surface area (Å²) in [6.07, 6.45) is 3.30. The van der Waals surface area contributed by atoms with Crippen molar-refractivity contribution >= 4 is 0 Å². The van der Waals surface area contributed by atoms with E-state index in [-0.39, 0.29) is 6.04 Å². The Labute approximate surface area is 161 Å². The Morgan fingerprint density at radius 2 is 1.81 bits per heavy atom. The Morgan fingerprint density at radius 1 is 0.963 bits per heavy atom. The third-order valence-electron chi connectivity index (χ3n) is 5.81. The first kappa shape index (κ1) is 17.9. The second kappa shape index (κ2) is 7.24. The molecule has 2 heterocycles. The molecule has 0 radical (unpaired) electrons. The lowest BCUT2D eigenvalue weighted by atomic mass is 9.97. The maximum atomic E-state index is 10.4. The van der Waals surface area contributed by atoms with Gasteiger partial charge < -0.3 is 9.67 Å². The molecular formula is C24H28N2O. The average molecular weight is 361 g/mol. The predicted molar refractivity (Wildman–Crippen MR) is 110 cm³/mol. The predicted octanol–water partition coefficient (Wildman–Crippen LogP) is 5.11. The number of aromatic hydroxyl groups is 1. The molecule has 1 atom stereocenters. The van der Waals surface area contributed by atoms with Gasteiger partial charge in [-0.25, -0.2) is 0 Å². The van der Waals surface area contributed by atoms with Crippen LogP contribution in [-0.4, -0.2) is 21.1 Å². The van der Waals surface area contributed by atoms with E-state index in [1.165, 1.54) is 27.9 Å². The van der Waals surface area contributed by atoms with E-state index in [1.807, 2.05) is 12.1 Å². The molecule has 1 aliphatic heterocycles. The van der Waals surface area contributed by atoms with E-state index in [9.17, 15) is 5.11 Å². The van der Waals surface area contributed by atoms with Crippen molar-refractivity contribution in [3.8, 4) is 5.75 Å². The molecule has 0 saturated heterocycles. The number of rotatable bonds is 3. The van der Waals surface area contributed by atoms with Gasteiger partial charge in [-0.2, -0.15) is 0 Å². The quantitative estimate of drug-likeness (QED) is 0.703. The van der Waals surface area contributed by atoms with Crippen LogP contribution in [0.1, 0.15) is 46.0 Å². The Bertz CT molecular complexity index is 957. The highest BCUT2D eigenvalue weighted by atomic mass is 16.3. The molecule has 3 aromatic rings. The molecule has 0 spiro atoms. The summed E-state index contributed by atoms with van der Waals surface area (Å²) in [6, 6.07) is 17.3. The number of benzene rings is 2. The molecule has 3 heteroatoms. The zero-order valence-electron chi connectivity index (χ0n) is 16.4. The number of nitrogens with zero attached hydrogens (tertiary/aromatic N) is 2. The molecule has 1 aliphatic rings. The van der Waals surface area contributed by atoms with Crippen LogP contribution in [0.5, 0.6) is 5.75 Å². The van der Waals surface area contributed by atoms with Gasteiger partial charge in [0, 0.05) is 37.1 Å². The molecular weight excluding hydrogens is 332 g/mol. The minimum atomic E-state index is 0.196. The number of phenols is 1. The number of aromatic nitrogens is 1. The zero-order valence-corrected chi connectivity index (χ0v) is 16.4. The number of hydrogen-bond acceptors (Lipinski definition) is 2. The monoisotopic (exact) mass is 360 g/mol. The van der Waals surface area contributed by atoms with E-state index in [4.69, 9.17) is 0 Å². The van der Waals surface area contributed by atoms with E-state index in [1.54, 1.807) is 0 Å². The van der Waals surface area contributed by atoms with Gasteiger partial charge >= 0.3 is 0 Å². The fourth-order valence-electron chi connectivity index (χ4n) is 4.19.